The minimum absolute atomic E-state index is 0.0133. The number of carbonyl (C=O) groups is 3. The van der Waals surface area contributed by atoms with Crippen LogP contribution in [0.4, 0.5) is 0 Å². The quantitative estimate of drug-likeness (QED) is 0.355. The molecule has 1 fully saturated rings. The summed E-state index contributed by atoms with van der Waals surface area (Å²) in [4.78, 5) is 39.3. The van der Waals surface area contributed by atoms with Crippen LogP contribution in [-0.2, 0) is 16.2 Å². The third-order valence-corrected chi connectivity index (χ3v) is 6.01. The average molecular weight is 461 g/mol. The first-order chi connectivity index (χ1) is 15.8. The number of hydrogen-bond donors (Lipinski definition) is 1. The van der Waals surface area contributed by atoms with Crippen LogP contribution < -0.4 is 4.74 Å². The number of aromatic carboxylic acids is 1. The van der Waals surface area contributed by atoms with Crippen molar-refractivity contribution in [2.75, 3.05) is 14.1 Å². The van der Waals surface area contributed by atoms with Crippen molar-refractivity contribution >= 4 is 52.0 Å². The Hall–Kier alpha value is -4.04. The van der Waals surface area contributed by atoms with Crippen LogP contribution in [0.5, 0.6) is 5.75 Å². The zero-order valence-electron chi connectivity index (χ0n) is 17.9. The molecule has 1 aliphatic heterocycles. The molecule has 0 aliphatic carbocycles. The highest BCUT2D eigenvalue weighted by atomic mass is 32.1. The topological polar surface area (TPSA) is 87.1 Å². The number of carboxylic acid groups (broad SMARTS) is 1. The Morgan fingerprint density at radius 2 is 1.61 bits per heavy atom. The smallest absolute Gasteiger partial charge is 0.335 e. The second-order valence-corrected chi connectivity index (χ2v) is 7.92. The summed E-state index contributed by atoms with van der Waals surface area (Å²) >= 11 is 5.17. The number of hydrogen-bond acceptors (Lipinski definition) is 5. The van der Waals surface area contributed by atoms with Gasteiger partial charge in [-0.1, -0.05) is 42.5 Å². The molecule has 33 heavy (non-hydrogen) atoms. The number of carbonyl (C=O) groups excluding carboxylic acids is 2. The highest BCUT2D eigenvalue weighted by Gasteiger charge is 2.35. The van der Waals surface area contributed by atoms with Crippen molar-refractivity contribution in [2.45, 2.75) is 6.61 Å². The van der Waals surface area contributed by atoms with Crippen LogP contribution in [0.1, 0.15) is 21.5 Å². The molecule has 1 aliphatic rings. The van der Waals surface area contributed by atoms with Crippen molar-refractivity contribution < 1.29 is 24.2 Å². The predicted molar refractivity (Wildman–Crippen MR) is 128 cm³/mol. The lowest BCUT2D eigenvalue weighted by Crippen LogP contribution is -2.52. The van der Waals surface area contributed by atoms with E-state index in [1.807, 2.05) is 30.3 Å². The molecule has 0 bridgehead atoms. The minimum atomic E-state index is -0.998. The molecular weight excluding hydrogens is 440 g/mol. The minimum Gasteiger partial charge on any atom is -0.488 e. The lowest BCUT2D eigenvalue weighted by atomic mass is 9.99. The lowest BCUT2D eigenvalue weighted by Gasteiger charge is -2.31. The maximum atomic E-state index is 12.8. The van der Waals surface area contributed by atoms with Gasteiger partial charge in [-0.2, -0.15) is 0 Å². The molecule has 0 saturated carbocycles. The maximum Gasteiger partial charge on any atom is 0.335 e. The van der Waals surface area contributed by atoms with Gasteiger partial charge in [0.25, 0.3) is 11.8 Å². The summed E-state index contributed by atoms with van der Waals surface area (Å²) in [5.41, 5.74) is 1.55. The van der Waals surface area contributed by atoms with Crippen LogP contribution in [0.25, 0.3) is 16.8 Å². The van der Waals surface area contributed by atoms with E-state index in [0.29, 0.717) is 11.3 Å². The van der Waals surface area contributed by atoms with Gasteiger partial charge in [0.15, 0.2) is 5.11 Å². The zero-order valence-corrected chi connectivity index (χ0v) is 18.8. The molecule has 4 rings (SSSR count). The second-order valence-electron chi connectivity index (χ2n) is 7.56. The fourth-order valence-corrected chi connectivity index (χ4v) is 3.74. The number of ether oxygens (including phenoxy) is 1. The molecule has 0 atom stereocenters. The van der Waals surface area contributed by atoms with Gasteiger partial charge in [-0.05, 0) is 52.8 Å². The fraction of sp³-hybridized carbons (Fsp3) is 0.120. The van der Waals surface area contributed by atoms with E-state index in [4.69, 9.17) is 22.1 Å². The van der Waals surface area contributed by atoms with Crippen LogP contribution >= 0.6 is 12.2 Å². The van der Waals surface area contributed by atoms with Crippen molar-refractivity contribution in [1.29, 1.82) is 0 Å². The van der Waals surface area contributed by atoms with Gasteiger partial charge < -0.3 is 9.84 Å². The Morgan fingerprint density at radius 3 is 2.24 bits per heavy atom. The van der Waals surface area contributed by atoms with Crippen LogP contribution in [0.2, 0.25) is 0 Å². The molecule has 1 heterocycles. The Labute approximate surface area is 195 Å². The van der Waals surface area contributed by atoms with E-state index in [-0.39, 0.29) is 22.9 Å². The van der Waals surface area contributed by atoms with Gasteiger partial charge in [-0.15, -0.1) is 0 Å². The second kappa shape index (κ2) is 8.84. The number of carboxylic acids is 1. The summed E-state index contributed by atoms with van der Waals surface area (Å²) in [6.07, 6.45) is 1.55. The molecular formula is C25H20N2O5S. The normalized spacial score (nSPS) is 14.1. The van der Waals surface area contributed by atoms with E-state index in [9.17, 15) is 14.4 Å². The summed E-state index contributed by atoms with van der Waals surface area (Å²) in [6, 6.07) is 17.7. The highest BCUT2D eigenvalue weighted by molar-refractivity contribution is 7.80. The van der Waals surface area contributed by atoms with Gasteiger partial charge in [0.1, 0.15) is 17.9 Å². The van der Waals surface area contributed by atoms with E-state index in [1.54, 1.807) is 24.3 Å². The Bertz CT molecular complexity index is 1300. The van der Waals surface area contributed by atoms with E-state index in [2.05, 4.69) is 0 Å². The molecule has 0 spiro atoms. The molecule has 1 N–H and O–H groups in total. The SMILES string of the molecule is CN1C(=O)C(=Cc2c(OCc3ccc(C(=O)O)cc3)ccc3ccccc23)C(=O)N(C)C1=S. The van der Waals surface area contributed by atoms with Crippen LogP contribution in [-0.4, -0.2) is 51.9 Å². The summed E-state index contributed by atoms with van der Waals surface area (Å²) < 4.78 is 6.05. The summed E-state index contributed by atoms with van der Waals surface area (Å²) in [7, 11) is 3.06. The first kappa shape index (κ1) is 22.2. The van der Waals surface area contributed by atoms with Crippen LogP contribution in [0.3, 0.4) is 0 Å². The molecule has 0 aromatic heterocycles. The molecule has 3 aromatic rings. The summed E-state index contributed by atoms with van der Waals surface area (Å²) in [5.74, 6) is -1.47. The molecule has 0 radical (unpaired) electrons. The molecule has 166 valence electrons. The molecule has 8 heteroatoms. The Kier molecular flexibility index (Phi) is 5.93. The number of thiocarbonyl (C=S) groups is 1. The number of nitrogens with zero attached hydrogens (tertiary/aromatic N) is 2. The highest BCUT2D eigenvalue weighted by Crippen LogP contribution is 2.32. The van der Waals surface area contributed by atoms with Crippen LogP contribution in [0.15, 0.2) is 66.2 Å². The molecule has 0 unspecified atom stereocenters. The van der Waals surface area contributed by atoms with E-state index < -0.39 is 17.8 Å². The first-order valence-corrected chi connectivity index (χ1v) is 10.5. The lowest BCUT2D eigenvalue weighted by molar-refractivity contribution is -0.132. The largest absolute Gasteiger partial charge is 0.488 e. The standard InChI is InChI=1S/C25H20N2O5S/c1-26-22(28)20(23(29)27(2)25(26)33)13-19-18-6-4-3-5-16(18)11-12-21(19)32-14-15-7-9-17(10-8-15)24(30)31/h3-13H,14H2,1-2H3,(H,30,31). The van der Waals surface area contributed by atoms with Gasteiger partial charge in [0.2, 0.25) is 0 Å². The third kappa shape index (κ3) is 4.20. The Morgan fingerprint density at radius 1 is 0.970 bits per heavy atom. The van der Waals surface area contributed by atoms with Crippen molar-refractivity contribution in [3.05, 3.63) is 82.9 Å². The van der Waals surface area contributed by atoms with Gasteiger partial charge in [0.05, 0.1) is 5.56 Å². The van der Waals surface area contributed by atoms with Crippen LogP contribution in [0, 0.1) is 0 Å². The molecule has 2 amide bonds. The number of likely N-dealkylation sites (N-methyl/N-ethyl adjacent to an activating group) is 2. The fourth-order valence-electron chi connectivity index (χ4n) is 3.57. The Balaban J connectivity index is 1.75. The van der Waals surface area contributed by atoms with Gasteiger partial charge >= 0.3 is 5.97 Å². The third-order valence-electron chi connectivity index (χ3n) is 5.46. The summed E-state index contributed by atoms with van der Waals surface area (Å²) in [5, 5.41) is 11.0. The average Bonchev–Trinajstić information content (AvgIpc) is 2.83. The van der Waals surface area contributed by atoms with Crippen molar-refractivity contribution in [1.82, 2.24) is 9.80 Å². The number of amides is 2. The molecule has 7 nitrogen and oxygen atoms in total. The number of fused-ring (bicyclic) bond motifs is 1. The molecule has 3 aromatic carbocycles. The van der Waals surface area contributed by atoms with Crippen molar-refractivity contribution in [2.24, 2.45) is 0 Å². The van der Waals surface area contributed by atoms with Gasteiger partial charge in [0, 0.05) is 19.7 Å². The zero-order chi connectivity index (χ0) is 23.7. The monoisotopic (exact) mass is 460 g/mol. The van der Waals surface area contributed by atoms with Gasteiger partial charge in [-0.3, -0.25) is 19.4 Å². The van der Waals surface area contributed by atoms with E-state index in [1.165, 1.54) is 36.0 Å². The number of rotatable bonds is 5. The predicted octanol–water partition coefficient (Wildman–Crippen LogP) is 3.72. The van der Waals surface area contributed by atoms with Crippen molar-refractivity contribution in [3.8, 4) is 5.75 Å². The molecule has 1 saturated heterocycles. The van der Waals surface area contributed by atoms with E-state index >= 15 is 0 Å². The van der Waals surface area contributed by atoms with Gasteiger partial charge in [-0.25, -0.2) is 4.79 Å². The first-order valence-electron chi connectivity index (χ1n) is 10.1. The van der Waals surface area contributed by atoms with E-state index in [0.717, 1.165) is 16.3 Å². The van der Waals surface area contributed by atoms with Crippen molar-refractivity contribution in [3.63, 3.8) is 0 Å². The number of benzene rings is 3. The summed E-state index contributed by atoms with van der Waals surface area (Å²) in [6.45, 7) is 0.181. The maximum absolute atomic E-state index is 12.8.